The second-order valence-corrected chi connectivity index (χ2v) is 6.10. The summed E-state index contributed by atoms with van der Waals surface area (Å²) in [5, 5.41) is 3.27. The summed E-state index contributed by atoms with van der Waals surface area (Å²) in [5.41, 5.74) is 6.24. The first kappa shape index (κ1) is 13.8. The lowest BCUT2D eigenvalue weighted by atomic mass is 10.3. The van der Waals surface area contributed by atoms with E-state index < -0.39 is 0 Å². The van der Waals surface area contributed by atoms with Gasteiger partial charge in [0, 0.05) is 5.69 Å². The van der Waals surface area contributed by atoms with Crippen LogP contribution >= 0.6 is 27.3 Å². The highest BCUT2D eigenvalue weighted by Gasteiger charge is 2.06. The molecule has 0 saturated heterocycles. The molecule has 100 valence electrons. The lowest BCUT2D eigenvalue weighted by Crippen LogP contribution is -2.14. The fourth-order valence-electron chi connectivity index (χ4n) is 1.32. The van der Waals surface area contributed by atoms with Gasteiger partial charge in [0.15, 0.2) is 5.13 Å². The van der Waals surface area contributed by atoms with E-state index in [4.69, 9.17) is 10.5 Å². The van der Waals surface area contributed by atoms with Gasteiger partial charge >= 0.3 is 0 Å². The second-order valence-electron chi connectivity index (χ2n) is 3.69. The van der Waals surface area contributed by atoms with Crippen LogP contribution in [0, 0.1) is 0 Å². The number of aromatic nitrogens is 1. The number of carbonyl (C=O) groups is 1. The van der Waals surface area contributed by atoms with E-state index >= 15 is 0 Å². The quantitative estimate of drug-likeness (QED) is 0.819. The Hall–Kier alpha value is -1.60. The molecule has 0 bridgehead atoms. The largest absolute Gasteiger partial charge is 0.493 e. The van der Waals surface area contributed by atoms with Gasteiger partial charge < -0.3 is 15.8 Å². The van der Waals surface area contributed by atoms with Crippen LogP contribution in [0.1, 0.15) is 6.42 Å². The molecule has 1 aromatic carbocycles. The van der Waals surface area contributed by atoms with Crippen molar-refractivity contribution in [1.29, 1.82) is 0 Å². The topological polar surface area (TPSA) is 77.2 Å². The van der Waals surface area contributed by atoms with E-state index in [2.05, 4.69) is 26.2 Å². The first-order valence-corrected chi connectivity index (χ1v) is 7.14. The van der Waals surface area contributed by atoms with Gasteiger partial charge in [-0.3, -0.25) is 4.79 Å². The van der Waals surface area contributed by atoms with Crippen molar-refractivity contribution in [2.24, 2.45) is 0 Å². The number of halogens is 1. The molecule has 1 heterocycles. The fraction of sp³-hybridized carbons (Fsp3) is 0.167. The highest BCUT2D eigenvalue weighted by Crippen LogP contribution is 2.23. The van der Waals surface area contributed by atoms with Gasteiger partial charge in [-0.25, -0.2) is 4.98 Å². The molecule has 0 spiro atoms. The predicted molar refractivity (Wildman–Crippen MR) is 79.4 cm³/mol. The summed E-state index contributed by atoms with van der Waals surface area (Å²) in [7, 11) is 0. The fourth-order valence-corrected chi connectivity index (χ4v) is 2.44. The predicted octanol–water partition coefficient (Wildman–Crippen LogP) is 2.90. The number of anilines is 2. The van der Waals surface area contributed by atoms with Gasteiger partial charge in [0.2, 0.25) is 5.91 Å². The summed E-state index contributed by atoms with van der Waals surface area (Å²) in [5.74, 6) is 0.566. The van der Waals surface area contributed by atoms with Crippen molar-refractivity contribution >= 4 is 44.0 Å². The van der Waals surface area contributed by atoms with Gasteiger partial charge in [-0.05, 0) is 40.2 Å². The van der Waals surface area contributed by atoms with Crippen LogP contribution in [0.15, 0.2) is 34.2 Å². The van der Waals surface area contributed by atoms with E-state index in [1.807, 2.05) is 0 Å². The summed E-state index contributed by atoms with van der Waals surface area (Å²) < 4.78 is 6.31. The van der Waals surface area contributed by atoms with E-state index in [1.54, 1.807) is 30.5 Å². The smallest absolute Gasteiger partial charge is 0.229 e. The van der Waals surface area contributed by atoms with Crippen LogP contribution in [-0.4, -0.2) is 17.5 Å². The van der Waals surface area contributed by atoms with Crippen molar-refractivity contribution in [3.63, 3.8) is 0 Å². The normalized spacial score (nSPS) is 10.2. The Kier molecular flexibility index (Phi) is 4.75. The molecule has 1 amide bonds. The Morgan fingerprint density at radius 1 is 1.42 bits per heavy atom. The number of nitrogens with two attached hydrogens (primary N) is 1. The highest BCUT2D eigenvalue weighted by molar-refractivity contribution is 9.11. The van der Waals surface area contributed by atoms with Crippen molar-refractivity contribution in [1.82, 2.24) is 4.98 Å². The maximum Gasteiger partial charge on any atom is 0.229 e. The monoisotopic (exact) mass is 341 g/mol. The summed E-state index contributed by atoms with van der Waals surface area (Å²) >= 11 is 4.65. The Labute approximate surface area is 122 Å². The standard InChI is InChI=1S/C12H12BrN3O2S/c13-10-7-15-12(19-10)16-11(17)5-6-18-9-3-1-8(14)2-4-9/h1-4,7H,5-6,14H2,(H,15,16,17). The van der Waals surface area contributed by atoms with Gasteiger partial charge in [-0.15, -0.1) is 0 Å². The number of benzene rings is 1. The maximum absolute atomic E-state index is 11.6. The number of nitrogens with one attached hydrogen (secondary N) is 1. The van der Waals surface area contributed by atoms with Gasteiger partial charge in [0.05, 0.1) is 23.0 Å². The number of ether oxygens (including phenoxy) is 1. The molecule has 7 heteroatoms. The minimum Gasteiger partial charge on any atom is -0.493 e. The lowest BCUT2D eigenvalue weighted by Gasteiger charge is -2.06. The van der Waals surface area contributed by atoms with Gasteiger partial charge in [0.1, 0.15) is 5.75 Å². The first-order chi connectivity index (χ1) is 9.13. The van der Waals surface area contributed by atoms with Crippen LogP contribution in [0.2, 0.25) is 0 Å². The Morgan fingerprint density at radius 3 is 2.79 bits per heavy atom. The van der Waals surface area contributed by atoms with Gasteiger partial charge in [0.25, 0.3) is 0 Å². The Bertz CT molecular complexity index is 556. The maximum atomic E-state index is 11.6. The molecule has 2 aromatic rings. The van der Waals surface area contributed by atoms with Crippen LogP contribution in [0.25, 0.3) is 0 Å². The van der Waals surface area contributed by atoms with Crippen molar-refractivity contribution in [2.45, 2.75) is 6.42 Å². The minimum atomic E-state index is -0.128. The van der Waals surface area contributed by atoms with E-state index in [0.29, 0.717) is 23.2 Å². The van der Waals surface area contributed by atoms with Gasteiger partial charge in [-0.1, -0.05) is 11.3 Å². The molecule has 2 rings (SSSR count). The van der Waals surface area contributed by atoms with Crippen LogP contribution in [-0.2, 0) is 4.79 Å². The number of nitrogen functional groups attached to an aromatic ring is 1. The SMILES string of the molecule is Nc1ccc(OCCC(=O)Nc2ncc(Br)s2)cc1. The molecule has 0 radical (unpaired) electrons. The summed E-state index contributed by atoms with van der Waals surface area (Å²) in [6.07, 6.45) is 1.91. The minimum absolute atomic E-state index is 0.128. The molecule has 0 unspecified atom stereocenters. The van der Waals surface area contributed by atoms with Gasteiger partial charge in [-0.2, -0.15) is 0 Å². The number of carbonyl (C=O) groups excluding carboxylic acids is 1. The number of rotatable bonds is 5. The molecule has 1 aromatic heterocycles. The average molecular weight is 342 g/mol. The summed E-state index contributed by atoms with van der Waals surface area (Å²) in [4.78, 5) is 15.6. The summed E-state index contributed by atoms with van der Waals surface area (Å²) in [6, 6.07) is 7.04. The average Bonchev–Trinajstić information content (AvgIpc) is 2.77. The molecule has 0 aliphatic heterocycles. The molecule has 5 nitrogen and oxygen atoms in total. The van der Waals surface area contributed by atoms with Crippen molar-refractivity contribution in [3.8, 4) is 5.75 Å². The van der Waals surface area contributed by atoms with Crippen LogP contribution in [0.4, 0.5) is 10.8 Å². The number of amides is 1. The van der Waals surface area contributed by atoms with E-state index in [-0.39, 0.29) is 12.3 Å². The Morgan fingerprint density at radius 2 is 2.16 bits per heavy atom. The van der Waals surface area contributed by atoms with Crippen LogP contribution < -0.4 is 15.8 Å². The third-order valence-electron chi connectivity index (χ3n) is 2.20. The molecule has 3 N–H and O–H groups in total. The first-order valence-electron chi connectivity index (χ1n) is 5.53. The zero-order valence-electron chi connectivity index (χ0n) is 9.93. The van der Waals surface area contributed by atoms with Crippen molar-refractivity contribution in [3.05, 3.63) is 34.2 Å². The number of hydrogen-bond donors (Lipinski definition) is 2. The number of hydrogen-bond acceptors (Lipinski definition) is 5. The summed E-state index contributed by atoms with van der Waals surface area (Å²) in [6.45, 7) is 0.308. The molecule has 19 heavy (non-hydrogen) atoms. The third kappa shape index (κ3) is 4.53. The Balaban J connectivity index is 1.73. The van der Waals surface area contributed by atoms with E-state index in [0.717, 1.165) is 3.79 Å². The zero-order chi connectivity index (χ0) is 13.7. The molecule has 0 saturated carbocycles. The second kappa shape index (κ2) is 6.53. The highest BCUT2D eigenvalue weighted by atomic mass is 79.9. The number of thiazole rings is 1. The van der Waals surface area contributed by atoms with Crippen LogP contribution in [0.5, 0.6) is 5.75 Å². The molecule has 0 fully saturated rings. The molecular formula is C12H12BrN3O2S. The molecule has 0 atom stereocenters. The van der Waals surface area contributed by atoms with Crippen LogP contribution in [0.3, 0.4) is 0 Å². The number of nitrogens with zero attached hydrogens (tertiary/aromatic N) is 1. The third-order valence-corrected chi connectivity index (χ3v) is 3.59. The molecule has 0 aliphatic carbocycles. The van der Waals surface area contributed by atoms with Crippen molar-refractivity contribution in [2.75, 3.05) is 17.7 Å². The van der Waals surface area contributed by atoms with E-state index in [9.17, 15) is 4.79 Å². The molecular weight excluding hydrogens is 330 g/mol. The molecule has 0 aliphatic rings. The van der Waals surface area contributed by atoms with Crippen molar-refractivity contribution < 1.29 is 9.53 Å². The lowest BCUT2D eigenvalue weighted by molar-refractivity contribution is -0.116. The van der Waals surface area contributed by atoms with E-state index in [1.165, 1.54) is 11.3 Å². The zero-order valence-corrected chi connectivity index (χ0v) is 12.3.